The summed E-state index contributed by atoms with van der Waals surface area (Å²) in [4.78, 5) is 27.4. The van der Waals surface area contributed by atoms with Crippen LogP contribution in [0.1, 0.15) is 37.7 Å². The Morgan fingerprint density at radius 2 is 1.89 bits per heavy atom. The number of aliphatic hydroxyl groups is 1. The van der Waals surface area contributed by atoms with Crippen molar-refractivity contribution in [3.8, 4) is 0 Å². The summed E-state index contributed by atoms with van der Waals surface area (Å²) < 4.78 is 38.6. The van der Waals surface area contributed by atoms with Crippen LogP contribution in [0.4, 0.5) is 23.7 Å². The Bertz CT molecular complexity index is 731. The van der Waals surface area contributed by atoms with Crippen LogP contribution >= 0.6 is 0 Å². The Morgan fingerprint density at radius 3 is 2.54 bits per heavy atom. The van der Waals surface area contributed by atoms with Gasteiger partial charge in [-0.2, -0.15) is 13.2 Å². The highest BCUT2D eigenvalue weighted by Crippen LogP contribution is 2.38. The van der Waals surface area contributed by atoms with Gasteiger partial charge in [-0.15, -0.1) is 0 Å². The standard InChI is InChI=1S/C19H24F3N3O3/c20-19(21,22)18(28)7-10-24(11-8-18)17(27)23-15-5-3-4-14(12-15)13-25-9-2-1-6-16(25)26/h3-5,12,28H,1-2,6-11,13H2,(H,23,27). The molecule has 3 amide bonds. The number of nitrogens with one attached hydrogen (secondary N) is 1. The van der Waals surface area contributed by atoms with Crippen molar-refractivity contribution in [3.05, 3.63) is 29.8 Å². The van der Waals surface area contributed by atoms with Crippen molar-refractivity contribution in [2.75, 3.05) is 25.0 Å². The average molecular weight is 399 g/mol. The number of hydrogen-bond acceptors (Lipinski definition) is 3. The van der Waals surface area contributed by atoms with Gasteiger partial charge in [-0.05, 0) is 30.5 Å². The average Bonchev–Trinajstić information content (AvgIpc) is 2.63. The molecule has 2 aliphatic rings. The fourth-order valence-corrected chi connectivity index (χ4v) is 3.56. The highest BCUT2D eigenvalue weighted by atomic mass is 19.4. The molecule has 0 bridgehead atoms. The second kappa shape index (κ2) is 7.98. The molecule has 2 fully saturated rings. The summed E-state index contributed by atoms with van der Waals surface area (Å²) >= 11 is 0. The number of carbonyl (C=O) groups excluding carboxylic acids is 2. The molecule has 2 N–H and O–H groups in total. The van der Waals surface area contributed by atoms with Gasteiger partial charge in [0.05, 0.1) is 0 Å². The number of anilines is 1. The summed E-state index contributed by atoms with van der Waals surface area (Å²) in [5.74, 6) is 0.117. The number of rotatable bonds is 3. The number of halogens is 3. The van der Waals surface area contributed by atoms with E-state index in [2.05, 4.69) is 5.32 Å². The molecule has 1 aromatic rings. The van der Waals surface area contributed by atoms with Crippen molar-refractivity contribution in [3.63, 3.8) is 0 Å². The van der Waals surface area contributed by atoms with Gasteiger partial charge in [0, 0.05) is 51.1 Å². The summed E-state index contributed by atoms with van der Waals surface area (Å²) in [5, 5.41) is 12.4. The minimum atomic E-state index is -4.70. The van der Waals surface area contributed by atoms with Gasteiger partial charge in [0.25, 0.3) is 0 Å². The first-order valence-electron chi connectivity index (χ1n) is 9.40. The van der Waals surface area contributed by atoms with E-state index in [0.29, 0.717) is 25.2 Å². The van der Waals surface area contributed by atoms with E-state index < -0.39 is 30.7 Å². The van der Waals surface area contributed by atoms with E-state index in [-0.39, 0.29) is 19.0 Å². The Balaban J connectivity index is 1.57. The SMILES string of the molecule is O=C1CCCCN1Cc1cccc(NC(=O)N2CCC(O)(C(F)(F)F)CC2)c1. The zero-order valence-corrected chi connectivity index (χ0v) is 15.5. The maximum absolute atomic E-state index is 12.9. The quantitative estimate of drug-likeness (QED) is 0.820. The molecule has 2 heterocycles. The highest BCUT2D eigenvalue weighted by Gasteiger charge is 2.54. The van der Waals surface area contributed by atoms with Gasteiger partial charge < -0.3 is 20.2 Å². The van der Waals surface area contributed by atoms with Gasteiger partial charge in [0.15, 0.2) is 5.60 Å². The van der Waals surface area contributed by atoms with Crippen LogP contribution in [0.2, 0.25) is 0 Å². The number of hydrogen-bond donors (Lipinski definition) is 2. The van der Waals surface area contributed by atoms with Gasteiger partial charge in [-0.3, -0.25) is 4.79 Å². The van der Waals surface area contributed by atoms with Crippen LogP contribution in [0.3, 0.4) is 0 Å². The van der Waals surface area contributed by atoms with Gasteiger partial charge in [-0.25, -0.2) is 4.79 Å². The van der Waals surface area contributed by atoms with Crippen LogP contribution in [-0.2, 0) is 11.3 Å². The number of benzene rings is 1. The number of urea groups is 1. The van der Waals surface area contributed by atoms with E-state index >= 15 is 0 Å². The van der Waals surface area contributed by atoms with Gasteiger partial charge in [-0.1, -0.05) is 12.1 Å². The van der Waals surface area contributed by atoms with Crippen LogP contribution < -0.4 is 5.32 Å². The van der Waals surface area contributed by atoms with E-state index in [0.717, 1.165) is 18.4 Å². The number of amides is 3. The molecule has 2 saturated heterocycles. The Morgan fingerprint density at radius 1 is 1.18 bits per heavy atom. The Kier molecular flexibility index (Phi) is 5.83. The lowest BCUT2D eigenvalue weighted by molar-refractivity contribution is -0.271. The van der Waals surface area contributed by atoms with Crippen molar-refractivity contribution in [2.24, 2.45) is 0 Å². The fourth-order valence-electron chi connectivity index (χ4n) is 3.56. The molecule has 154 valence electrons. The molecule has 2 aliphatic heterocycles. The number of likely N-dealkylation sites (tertiary alicyclic amines) is 2. The molecule has 1 aromatic carbocycles. The van der Waals surface area contributed by atoms with Crippen molar-refractivity contribution in [1.29, 1.82) is 0 Å². The molecule has 3 rings (SSSR count). The third-order valence-electron chi connectivity index (χ3n) is 5.38. The minimum absolute atomic E-state index is 0.117. The third kappa shape index (κ3) is 4.57. The first kappa shape index (κ1) is 20.4. The molecule has 6 nitrogen and oxygen atoms in total. The minimum Gasteiger partial charge on any atom is -0.380 e. The van der Waals surface area contributed by atoms with Gasteiger partial charge in [0.2, 0.25) is 5.91 Å². The normalized spacial score (nSPS) is 20.2. The second-order valence-corrected chi connectivity index (χ2v) is 7.42. The number of nitrogens with zero attached hydrogens (tertiary/aromatic N) is 2. The van der Waals surface area contributed by atoms with Crippen molar-refractivity contribution in [1.82, 2.24) is 9.80 Å². The zero-order chi connectivity index (χ0) is 20.4. The molecule has 0 aliphatic carbocycles. The molecule has 9 heteroatoms. The lowest BCUT2D eigenvalue weighted by atomic mass is 9.91. The molecule has 28 heavy (non-hydrogen) atoms. The first-order chi connectivity index (χ1) is 13.2. The number of piperidine rings is 2. The number of carbonyl (C=O) groups is 2. The van der Waals surface area contributed by atoms with E-state index in [9.17, 15) is 27.9 Å². The molecular formula is C19H24F3N3O3. The van der Waals surface area contributed by atoms with Crippen LogP contribution in [0.15, 0.2) is 24.3 Å². The van der Waals surface area contributed by atoms with Crippen LogP contribution in [0.25, 0.3) is 0 Å². The summed E-state index contributed by atoms with van der Waals surface area (Å²) in [6.45, 7) is 0.823. The number of alkyl halides is 3. The third-order valence-corrected chi connectivity index (χ3v) is 5.38. The van der Waals surface area contributed by atoms with E-state index in [4.69, 9.17) is 0 Å². The molecule has 0 atom stereocenters. The molecule has 0 spiro atoms. The Hall–Kier alpha value is -2.29. The topological polar surface area (TPSA) is 72.9 Å². The highest BCUT2D eigenvalue weighted by molar-refractivity contribution is 5.89. The summed E-state index contributed by atoms with van der Waals surface area (Å²) in [7, 11) is 0. The smallest absolute Gasteiger partial charge is 0.380 e. The largest absolute Gasteiger partial charge is 0.417 e. The van der Waals surface area contributed by atoms with E-state index in [1.54, 1.807) is 23.1 Å². The molecule has 0 unspecified atom stereocenters. The van der Waals surface area contributed by atoms with E-state index in [1.807, 2.05) is 6.07 Å². The molecule has 0 aromatic heterocycles. The predicted molar refractivity (Wildman–Crippen MR) is 96.5 cm³/mol. The lowest BCUT2D eigenvalue weighted by Crippen LogP contribution is -2.55. The predicted octanol–water partition coefficient (Wildman–Crippen LogP) is 3.12. The molecule has 0 saturated carbocycles. The first-order valence-corrected chi connectivity index (χ1v) is 9.40. The van der Waals surface area contributed by atoms with Crippen LogP contribution in [-0.4, -0.2) is 58.3 Å². The van der Waals surface area contributed by atoms with Gasteiger partial charge >= 0.3 is 12.2 Å². The van der Waals surface area contributed by atoms with Crippen LogP contribution in [0, 0.1) is 0 Å². The van der Waals surface area contributed by atoms with Crippen molar-refractivity contribution in [2.45, 2.75) is 50.4 Å². The lowest BCUT2D eigenvalue weighted by Gasteiger charge is -2.39. The fraction of sp³-hybridized carbons (Fsp3) is 0.579. The monoisotopic (exact) mass is 399 g/mol. The zero-order valence-electron chi connectivity index (χ0n) is 15.5. The maximum atomic E-state index is 12.9. The van der Waals surface area contributed by atoms with Gasteiger partial charge in [0.1, 0.15) is 0 Å². The van der Waals surface area contributed by atoms with Crippen molar-refractivity contribution < 1.29 is 27.9 Å². The summed E-state index contributed by atoms with van der Waals surface area (Å²) in [5.41, 5.74) is -1.34. The van der Waals surface area contributed by atoms with E-state index in [1.165, 1.54) is 4.90 Å². The molecule has 0 radical (unpaired) electrons. The van der Waals surface area contributed by atoms with Crippen LogP contribution in [0.5, 0.6) is 0 Å². The summed E-state index contributed by atoms with van der Waals surface area (Å²) in [6, 6.07) is 6.57. The molecular weight excluding hydrogens is 375 g/mol. The maximum Gasteiger partial charge on any atom is 0.417 e. The Labute approximate surface area is 161 Å². The second-order valence-electron chi connectivity index (χ2n) is 7.42. The summed E-state index contributed by atoms with van der Waals surface area (Å²) in [6.07, 6.45) is -3.35. The van der Waals surface area contributed by atoms with Crippen molar-refractivity contribution >= 4 is 17.6 Å².